The Bertz CT molecular complexity index is 681. The molecule has 0 fully saturated rings. The fourth-order valence-corrected chi connectivity index (χ4v) is 2.39. The molecule has 0 amide bonds. The van der Waals surface area contributed by atoms with Crippen LogP contribution in [-0.2, 0) is 13.5 Å². The van der Waals surface area contributed by atoms with Crippen molar-refractivity contribution in [3.8, 4) is 5.75 Å². The largest absolute Gasteiger partial charge is 0.495 e. The van der Waals surface area contributed by atoms with Crippen molar-refractivity contribution in [1.82, 2.24) is 9.78 Å². The SMILES string of the molecule is COc1ccccc1NC(N)=NCCc1c(C)nn(C)c1C.I. The molecule has 0 aliphatic heterocycles. The van der Waals surface area contributed by atoms with Gasteiger partial charge in [-0.1, -0.05) is 12.1 Å². The highest BCUT2D eigenvalue weighted by molar-refractivity contribution is 14.0. The molecular weight excluding hydrogens is 405 g/mol. The summed E-state index contributed by atoms with van der Waals surface area (Å²) in [6.45, 7) is 4.69. The molecule has 1 heterocycles. The number of guanidine groups is 1. The number of ether oxygens (including phenoxy) is 1. The summed E-state index contributed by atoms with van der Waals surface area (Å²) >= 11 is 0. The average molecular weight is 429 g/mol. The van der Waals surface area contributed by atoms with Crippen molar-refractivity contribution in [3.63, 3.8) is 0 Å². The lowest BCUT2D eigenvalue weighted by molar-refractivity contribution is 0.417. The van der Waals surface area contributed by atoms with E-state index >= 15 is 0 Å². The standard InChI is InChI=1S/C16H23N5O.HI/c1-11-13(12(2)21(3)20-11)9-10-18-16(17)19-14-7-5-6-8-15(14)22-4;/h5-8H,9-10H2,1-4H3,(H3,17,18,19);1H. The van der Waals surface area contributed by atoms with Gasteiger partial charge in [0.25, 0.3) is 0 Å². The molecule has 0 bridgehead atoms. The molecule has 2 aromatic rings. The third-order valence-corrected chi connectivity index (χ3v) is 3.67. The minimum absolute atomic E-state index is 0. The number of nitrogens with one attached hydrogen (secondary N) is 1. The number of nitrogens with zero attached hydrogens (tertiary/aromatic N) is 3. The molecule has 0 aliphatic rings. The van der Waals surface area contributed by atoms with Crippen LogP contribution in [0.15, 0.2) is 29.3 Å². The molecule has 126 valence electrons. The number of halogens is 1. The maximum atomic E-state index is 5.94. The maximum absolute atomic E-state index is 5.94. The number of hydrogen-bond donors (Lipinski definition) is 2. The van der Waals surface area contributed by atoms with Gasteiger partial charge in [-0.25, -0.2) is 0 Å². The Labute approximate surface area is 154 Å². The Morgan fingerprint density at radius 3 is 2.65 bits per heavy atom. The van der Waals surface area contributed by atoms with Crippen LogP contribution in [0.5, 0.6) is 5.75 Å². The molecule has 0 aliphatic carbocycles. The Balaban J connectivity index is 0.00000264. The summed E-state index contributed by atoms with van der Waals surface area (Å²) in [5, 5.41) is 7.47. The number of hydrogen-bond acceptors (Lipinski definition) is 3. The maximum Gasteiger partial charge on any atom is 0.193 e. The van der Waals surface area contributed by atoms with Crippen molar-refractivity contribution >= 4 is 35.6 Å². The Morgan fingerprint density at radius 2 is 2.04 bits per heavy atom. The predicted molar refractivity (Wildman–Crippen MR) is 105 cm³/mol. The quantitative estimate of drug-likeness (QED) is 0.435. The average Bonchev–Trinajstić information content (AvgIpc) is 2.74. The number of methoxy groups -OCH3 is 1. The number of para-hydroxylation sites is 2. The van der Waals surface area contributed by atoms with Crippen LogP contribution in [0.4, 0.5) is 5.69 Å². The zero-order chi connectivity index (χ0) is 16.1. The van der Waals surface area contributed by atoms with Gasteiger partial charge in [-0.3, -0.25) is 9.67 Å². The number of aryl methyl sites for hydroxylation is 2. The van der Waals surface area contributed by atoms with Crippen LogP contribution >= 0.6 is 24.0 Å². The lowest BCUT2D eigenvalue weighted by Crippen LogP contribution is -2.23. The summed E-state index contributed by atoms with van der Waals surface area (Å²) in [5.41, 5.74) is 10.2. The van der Waals surface area contributed by atoms with E-state index in [0.717, 1.165) is 23.6 Å². The molecule has 3 N–H and O–H groups in total. The number of rotatable bonds is 5. The third-order valence-electron chi connectivity index (χ3n) is 3.67. The molecule has 0 unspecified atom stereocenters. The summed E-state index contributed by atoms with van der Waals surface area (Å²) in [4.78, 5) is 4.37. The fraction of sp³-hybridized carbons (Fsp3) is 0.375. The van der Waals surface area contributed by atoms with E-state index in [1.165, 1.54) is 11.3 Å². The van der Waals surface area contributed by atoms with Gasteiger partial charge in [0, 0.05) is 19.3 Å². The van der Waals surface area contributed by atoms with Gasteiger partial charge in [-0.05, 0) is 38.0 Å². The zero-order valence-electron chi connectivity index (χ0n) is 14.0. The van der Waals surface area contributed by atoms with Crippen LogP contribution in [-0.4, -0.2) is 29.4 Å². The van der Waals surface area contributed by atoms with Crippen molar-refractivity contribution in [2.45, 2.75) is 20.3 Å². The van der Waals surface area contributed by atoms with Gasteiger partial charge in [0.2, 0.25) is 0 Å². The summed E-state index contributed by atoms with van der Waals surface area (Å²) in [6.07, 6.45) is 0.819. The molecule has 1 aromatic carbocycles. The van der Waals surface area contributed by atoms with Crippen molar-refractivity contribution < 1.29 is 4.74 Å². The van der Waals surface area contributed by atoms with Crippen molar-refractivity contribution in [2.24, 2.45) is 17.8 Å². The van der Waals surface area contributed by atoms with Crippen molar-refractivity contribution in [1.29, 1.82) is 0 Å². The summed E-state index contributed by atoms with van der Waals surface area (Å²) in [5.74, 6) is 1.11. The van der Waals surface area contributed by atoms with Crippen LogP contribution in [0.3, 0.4) is 0 Å². The van der Waals surface area contributed by atoms with Gasteiger partial charge in [0.1, 0.15) is 5.75 Å². The van der Waals surface area contributed by atoms with Crippen molar-refractivity contribution in [3.05, 3.63) is 41.2 Å². The molecule has 6 nitrogen and oxygen atoms in total. The molecule has 23 heavy (non-hydrogen) atoms. The molecular formula is C16H24IN5O. The van der Waals surface area contributed by atoms with Gasteiger partial charge in [-0.15, -0.1) is 24.0 Å². The molecule has 0 saturated carbocycles. The number of nitrogens with two attached hydrogens (primary N) is 1. The first-order valence-corrected chi connectivity index (χ1v) is 7.22. The highest BCUT2D eigenvalue weighted by atomic mass is 127. The van der Waals surface area contributed by atoms with Crippen molar-refractivity contribution in [2.75, 3.05) is 19.0 Å². The van der Waals surface area contributed by atoms with Crippen LogP contribution in [0, 0.1) is 13.8 Å². The molecule has 0 spiro atoms. The predicted octanol–water partition coefficient (Wildman–Crippen LogP) is 2.63. The van der Waals surface area contributed by atoms with Gasteiger partial charge in [0.15, 0.2) is 5.96 Å². The van der Waals surface area contributed by atoms with E-state index in [9.17, 15) is 0 Å². The van der Waals surface area contributed by atoms with Crippen LogP contribution in [0.1, 0.15) is 17.0 Å². The van der Waals surface area contributed by atoms with Gasteiger partial charge in [0.05, 0.1) is 18.5 Å². The van der Waals surface area contributed by atoms with E-state index in [1.54, 1.807) is 7.11 Å². The first-order chi connectivity index (χ1) is 10.5. The molecule has 0 radical (unpaired) electrons. The second-order valence-electron chi connectivity index (χ2n) is 5.12. The molecule has 0 atom stereocenters. The van der Waals surface area contributed by atoms with Gasteiger partial charge >= 0.3 is 0 Å². The zero-order valence-corrected chi connectivity index (χ0v) is 16.3. The summed E-state index contributed by atoms with van der Waals surface area (Å²) in [6, 6.07) is 7.60. The van der Waals surface area contributed by atoms with Crippen LogP contribution in [0.2, 0.25) is 0 Å². The van der Waals surface area contributed by atoms with Crippen LogP contribution in [0.25, 0.3) is 0 Å². The smallest absolute Gasteiger partial charge is 0.193 e. The lowest BCUT2D eigenvalue weighted by Gasteiger charge is -2.10. The second kappa shape index (κ2) is 8.76. The van der Waals surface area contributed by atoms with E-state index < -0.39 is 0 Å². The molecule has 0 saturated heterocycles. The molecule has 7 heteroatoms. The minimum Gasteiger partial charge on any atom is -0.495 e. The van der Waals surface area contributed by atoms with Gasteiger partial charge in [-0.2, -0.15) is 5.10 Å². The first-order valence-electron chi connectivity index (χ1n) is 7.22. The number of anilines is 1. The van der Waals surface area contributed by atoms with Gasteiger partial charge < -0.3 is 15.8 Å². The Kier molecular flexibility index (Phi) is 7.34. The van der Waals surface area contributed by atoms with E-state index in [2.05, 4.69) is 22.3 Å². The normalized spacial score (nSPS) is 11.0. The summed E-state index contributed by atoms with van der Waals surface area (Å²) in [7, 11) is 3.58. The topological polar surface area (TPSA) is 77.5 Å². The molecule has 2 rings (SSSR count). The lowest BCUT2D eigenvalue weighted by atomic mass is 10.1. The van der Waals surface area contributed by atoms with E-state index in [-0.39, 0.29) is 24.0 Å². The third kappa shape index (κ3) is 4.85. The fourth-order valence-electron chi connectivity index (χ4n) is 2.39. The monoisotopic (exact) mass is 429 g/mol. The van der Waals surface area contributed by atoms with E-state index in [4.69, 9.17) is 10.5 Å². The first kappa shape index (κ1) is 19.3. The minimum atomic E-state index is 0. The summed E-state index contributed by atoms with van der Waals surface area (Å²) < 4.78 is 7.16. The Morgan fingerprint density at radius 1 is 1.35 bits per heavy atom. The molecule has 1 aromatic heterocycles. The second-order valence-corrected chi connectivity index (χ2v) is 5.12. The number of benzene rings is 1. The van der Waals surface area contributed by atoms with E-state index in [1.807, 2.05) is 42.9 Å². The highest BCUT2D eigenvalue weighted by Gasteiger charge is 2.08. The van der Waals surface area contributed by atoms with E-state index in [0.29, 0.717) is 12.5 Å². The Hall–Kier alpha value is -1.77. The number of aliphatic imine (C=N–C) groups is 1. The number of aromatic nitrogens is 2. The van der Waals surface area contributed by atoms with Crippen LogP contribution < -0.4 is 15.8 Å². The highest BCUT2D eigenvalue weighted by Crippen LogP contribution is 2.22.